The summed E-state index contributed by atoms with van der Waals surface area (Å²) in [6.07, 6.45) is 0.915. The summed E-state index contributed by atoms with van der Waals surface area (Å²) in [5.41, 5.74) is 1.63. The van der Waals surface area contributed by atoms with Crippen LogP contribution in [-0.4, -0.2) is 39.2 Å². The fourth-order valence-corrected chi connectivity index (χ4v) is 2.97. The third-order valence-corrected chi connectivity index (χ3v) is 4.81. The highest BCUT2D eigenvalue weighted by Gasteiger charge is 2.39. The molecule has 0 saturated heterocycles. The molecule has 0 bridgehead atoms. The summed E-state index contributed by atoms with van der Waals surface area (Å²) in [6, 6.07) is 12.0. The molecule has 154 valence electrons. The van der Waals surface area contributed by atoms with Gasteiger partial charge in [0.1, 0.15) is 6.61 Å². The Hall–Kier alpha value is -3.06. The minimum Gasteiger partial charge on any atom is -0.493 e. The molecule has 2 aromatic carbocycles. The second kappa shape index (κ2) is 9.43. The van der Waals surface area contributed by atoms with E-state index in [0.29, 0.717) is 47.6 Å². The Kier molecular flexibility index (Phi) is 6.72. The van der Waals surface area contributed by atoms with Crippen molar-refractivity contribution in [3.05, 3.63) is 48.0 Å². The lowest BCUT2D eigenvalue weighted by molar-refractivity contribution is -0.117. The molecule has 2 aromatic rings. The maximum Gasteiger partial charge on any atom is 0.255 e. The number of amides is 2. The average Bonchev–Trinajstić information content (AvgIpc) is 3.45. The van der Waals surface area contributed by atoms with Crippen molar-refractivity contribution in [2.45, 2.75) is 13.3 Å². The van der Waals surface area contributed by atoms with E-state index < -0.39 is 0 Å². The zero-order valence-corrected chi connectivity index (χ0v) is 16.9. The molecule has 0 spiro atoms. The summed E-state index contributed by atoms with van der Waals surface area (Å²) in [4.78, 5) is 24.8. The molecule has 1 aliphatic rings. The molecule has 7 heteroatoms. The molecule has 1 saturated carbocycles. The quantitative estimate of drug-likeness (QED) is 0.631. The maximum atomic E-state index is 12.7. The van der Waals surface area contributed by atoms with Crippen molar-refractivity contribution in [3.63, 3.8) is 0 Å². The first-order chi connectivity index (χ1) is 14.0. The number of rotatable bonds is 9. The van der Waals surface area contributed by atoms with E-state index in [1.807, 2.05) is 0 Å². The van der Waals surface area contributed by atoms with Gasteiger partial charge in [-0.2, -0.15) is 0 Å². The third kappa shape index (κ3) is 5.48. The molecule has 2 N–H and O–H groups in total. The van der Waals surface area contributed by atoms with E-state index in [1.165, 1.54) is 0 Å². The fourth-order valence-electron chi connectivity index (χ4n) is 2.97. The van der Waals surface area contributed by atoms with Crippen LogP contribution in [0, 0.1) is 11.8 Å². The van der Waals surface area contributed by atoms with Crippen LogP contribution < -0.4 is 20.1 Å². The van der Waals surface area contributed by atoms with Gasteiger partial charge in [-0.15, -0.1) is 0 Å². The number of hydrogen-bond donors (Lipinski definition) is 2. The van der Waals surface area contributed by atoms with Crippen molar-refractivity contribution in [2.75, 3.05) is 38.1 Å². The van der Waals surface area contributed by atoms with Gasteiger partial charge in [0.25, 0.3) is 5.91 Å². The van der Waals surface area contributed by atoms with Crippen molar-refractivity contribution in [1.82, 2.24) is 0 Å². The van der Waals surface area contributed by atoms with E-state index in [2.05, 4.69) is 17.6 Å². The van der Waals surface area contributed by atoms with Crippen molar-refractivity contribution < 1.29 is 23.8 Å². The van der Waals surface area contributed by atoms with Crippen molar-refractivity contribution in [1.29, 1.82) is 0 Å². The first kappa shape index (κ1) is 20.7. The van der Waals surface area contributed by atoms with Gasteiger partial charge in [-0.3, -0.25) is 9.59 Å². The minimum absolute atomic E-state index is 0.00284. The fraction of sp³-hybridized carbons (Fsp3) is 0.364. The number of methoxy groups -OCH3 is 2. The SMILES string of the molecule is COCCOc1cc(NC(=O)c2cccc(NC(=O)C3CC3C)c2)ccc1OC. The molecular weight excluding hydrogens is 372 g/mol. The average molecular weight is 398 g/mol. The van der Waals surface area contributed by atoms with Gasteiger partial charge in [-0.25, -0.2) is 0 Å². The molecule has 29 heavy (non-hydrogen) atoms. The maximum absolute atomic E-state index is 12.7. The lowest BCUT2D eigenvalue weighted by Gasteiger charge is -2.13. The van der Waals surface area contributed by atoms with Crippen molar-refractivity contribution in [2.24, 2.45) is 11.8 Å². The van der Waals surface area contributed by atoms with Crippen LogP contribution in [0.5, 0.6) is 11.5 Å². The predicted octanol–water partition coefficient (Wildman–Crippen LogP) is 3.57. The molecule has 3 rings (SSSR count). The predicted molar refractivity (Wildman–Crippen MR) is 111 cm³/mol. The molecule has 7 nitrogen and oxygen atoms in total. The molecule has 0 radical (unpaired) electrons. The van der Waals surface area contributed by atoms with Crippen LogP contribution in [0.15, 0.2) is 42.5 Å². The highest BCUT2D eigenvalue weighted by molar-refractivity contribution is 6.05. The Bertz CT molecular complexity index is 883. The largest absolute Gasteiger partial charge is 0.493 e. The van der Waals surface area contributed by atoms with Gasteiger partial charge < -0.3 is 24.8 Å². The van der Waals surface area contributed by atoms with Crippen LogP contribution in [-0.2, 0) is 9.53 Å². The molecule has 0 heterocycles. The van der Waals surface area contributed by atoms with Crippen LogP contribution in [0.4, 0.5) is 11.4 Å². The van der Waals surface area contributed by atoms with Gasteiger partial charge in [-0.05, 0) is 42.7 Å². The van der Waals surface area contributed by atoms with Gasteiger partial charge >= 0.3 is 0 Å². The van der Waals surface area contributed by atoms with E-state index in [9.17, 15) is 9.59 Å². The van der Waals surface area contributed by atoms with Crippen LogP contribution in [0.25, 0.3) is 0 Å². The Morgan fingerprint density at radius 1 is 1.00 bits per heavy atom. The number of hydrogen-bond acceptors (Lipinski definition) is 5. The lowest BCUT2D eigenvalue weighted by atomic mass is 10.1. The highest BCUT2D eigenvalue weighted by atomic mass is 16.5. The standard InChI is InChI=1S/C22H26N2O5/c1-14-11-18(14)22(26)24-16-6-4-5-15(12-16)21(25)23-17-7-8-19(28-3)20(13-17)29-10-9-27-2/h4-8,12-14,18H,9-11H2,1-3H3,(H,23,25)(H,24,26). The Morgan fingerprint density at radius 2 is 1.76 bits per heavy atom. The Labute approximate surface area is 170 Å². The van der Waals surface area contributed by atoms with Crippen LogP contribution in [0.2, 0.25) is 0 Å². The second-order valence-corrected chi connectivity index (χ2v) is 7.05. The third-order valence-electron chi connectivity index (χ3n) is 4.81. The number of anilines is 2. The normalized spacial score (nSPS) is 17.3. The van der Waals surface area contributed by atoms with Gasteiger partial charge in [0, 0.05) is 36.0 Å². The number of carbonyl (C=O) groups excluding carboxylic acids is 2. The number of carbonyl (C=O) groups is 2. The number of ether oxygens (including phenoxy) is 3. The van der Waals surface area contributed by atoms with Crippen LogP contribution in [0.1, 0.15) is 23.7 Å². The van der Waals surface area contributed by atoms with E-state index in [0.717, 1.165) is 6.42 Å². The van der Waals surface area contributed by atoms with E-state index in [1.54, 1.807) is 56.7 Å². The summed E-state index contributed by atoms with van der Waals surface area (Å²) < 4.78 is 15.9. The van der Waals surface area contributed by atoms with Crippen LogP contribution >= 0.6 is 0 Å². The molecule has 2 atom stereocenters. The van der Waals surface area contributed by atoms with Crippen molar-refractivity contribution in [3.8, 4) is 11.5 Å². The van der Waals surface area contributed by atoms with E-state index in [-0.39, 0.29) is 17.7 Å². The van der Waals surface area contributed by atoms with Gasteiger partial charge in [0.15, 0.2) is 11.5 Å². The van der Waals surface area contributed by atoms with Gasteiger partial charge in [0.2, 0.25) is 5.91 Å². The summed E-state index contributed by atoms with van der Waals surface area (Å²) in [5, 5.41) is 5.72. The Morgan fingerprint density at radius 3 is 2.45 bits per heavy atom. The zero-order valence-electron chi connectivity index (χ0n) is 16.9. The molecule has 0 aromatic heterocycles. The van der Waals surface area contributed by atoms with E-state index >= 15 is 0 Å². The van der Waals surface area contributed by atoms with E-state index in [4.69, 9.17) is 14.2 Å². The smallest absolute Gasteiger partial charge is 0.255 e. The van der Waals surface area contributed by atoms with Gasteiger partial charge in [0.05, 0.1) is 13.7 Å². The van der Waals surface area contributed by atoms with Crippen LogP contribution in [0.3, 0.4) is 0 Å². The topological polar surface area (TPSA) is 85.9 Å². The van der Waals surface area contributed by atoms with Gasteiger partial charge in [-0.1, -0.05) is 13.0 Å². The second-order valence-electron chi connectivity index (χ2n) is 7.05. The summed E-state index contributed by atoms with van der Waals surface area (Å²) in [7, 11) is 3.15. The molecule has 0 aliphatic heterocycles. The number of benzene rings is 2. The summed E-state index contributed by atoms with van der Waals surface area (Å²) >= 11 is 0. The lowest BCUT2D eigenvalue weighted by Crippen LogP contribution is -2.16. The zero-order chi connectivity index (χ0) is 20.8. The number of nitrogens with one attached hydrogen (secondary N) is 2. The molecule has 2 unspecified atom stereocenters. The molecule has 1 fully saturated rings. The molecule has 2 amide bonds. The first-order valence-corrected chi connectivity index (χ1v) is 9.54. The highest BCUT2D eigenvalue weighted by Crippen LogP contribution is 2.38. The first-order valence-electron chi connectivity index (χ1n) is 9.54. The molecular formula is C22H26N2O5. The molecule has 1 aliphatic carbocycles. The van der Waals surface area contributed by atoms with Crippen molar-refractivity contribution >= 4 is 23.2 Å². The summed E-state index contributed by atoms with van der Waals surface area (Å²) in [6.45, 7) is 2.86. The monoisotopic (exact) mass is 398 g/mol. The Balaban J connectivity index is 1.67. The summed E-state index contributed by atoms with van der Waals surface area (Å²) in [5.74, 6) is 1.30. The minimum atomic E-state index is -0.283.